The van der Waals surface area contributed by atoms with E-state index >= 15 is 0 Å². The topological polar surface area (TPSA) is 91.3 Å². The molecule has 0 aliphatic heterocycles. The number of fused-ring (bicyclic) bond motifs is 1. The van der Waals surface area contributed by atoms with Crippen LogP contribution >= 0.6 is 0 Å². The lowest BCUT2D eigenvalue weighted by atomic mass is 10.1. The average molecular weight is 281 g/mol. The standard InChI is InChI=1S/C15H11N3O3/c16-14-8-12(18(19)20)9-15(17-14)21-13-6-5-10-3-1-2-4-11(10)7-13/h1-9H,(H2,16,17). The van der Waals surface area contributed by atoms with Crippen molar-refractivity contribution in [3.63, 3.8) is 0 Å². The molecule has 1 heterocycles. The molecule has 0 spiro atoms. The van der Waals surface area contributed by atoms with Crippen LogP contribution in [0.4, 0.5) is 11.5 Å². The highest BCUT2D eigenvalue weighted by Crippen LogP contribution is 2.27. The summed E-state index contributed by atoms with van der Waals surface area (Å²) in [6.07, 6.45) is 0. The number of anilines is 1. The van der Waals surface area contributed by atoms with Gasteiger partial charge in [-0.1, -0.05) is 30.3 Å². The summed E-state index contributed by atoms with van der Waals surface area (Å²) in [5, 5.41) is 12.9. The number of nitro groups is 1. The zero-order chi connectivity index (χ0) is 14.8. The second-order valence-electron chi connectivity index (χ2n) is 4.46. The fraction of sp³-hybridized carbons (Fsp3) is 0. The molecule has 0 aliphatic carbocycles. The zero-order valence-electron chi connectivity index (χ0n) is 10.9. The van der Waals surface area contributed by atoms with Gasteiger partial charge in [0.05, 0.1) is 17.1 Å². The smallest absolute Gasteiger partial charge is 0.278 e. The lowest BCUT2D eigenvalue weighted by molar-refractivity contribution is -0.384. The van der Waals surface area contributed by atoms with Crippen LogP contribution in [0, 0.1) is 10.1 Å². The molecule has 3 rings (SSSR count). The Morgan fingerprint density at radius 2 is 1.81 bits per heavy atom. The fourth-order valence-electron chi connectivity index (χ4n) is 2.02. The highest BCUT2D eigenvalue weighted by atomic mass is 16.6. The Morgan fingerprint density at radius 1 is 1.05 bits per heavy atom. The van der Waals surface area contributed by atoms with Crippen molar-refractivity contribution in [2.75, 3.05) is 5.73 Å². The molecule has 0 saturated carbocycles. The van der Waals surface area contributed by atoms with E-state index in [1.54, 1.807) is 6.07 Å². The minimum absolute atomic E-state index is 0.0417. The first-order chi connectivity index (χ1) is 10.1. The predicted octanol–water partition coefficient (Wildman–Crippen LogP) is 3.52. The minimum Gasteiger partial charge on any atom is -0.439 e. The van der Waals surface area contributed by atoms with E-state index in [0.717, 1.165) is 10.8 Å². The zero-order valence-corrected chi connectivity index (χ0v) is 10.9. The van der Waals surface area contributed by atoms with E-state index in [0.29, 0.717) is 5.75 Å². The molecule has 6 nitrogen and oxygen atoms in total. The van der Waals surface area contributed by atoms with Crippen LogP contribution in [0.2, 0.25) is 0 Å². The van der Waals surface area contributed by atoms with Crippen molar-refractivity contribution in [2.45, 2.75) is 0 Å². The van der Waals surface area contributed by atoms with Crippen LogP contribution in [0.15, 0.2) is 54.6 Å². The summed E-state index contributed by atoms with van der Waals surface area (Å²) in [5.74, 6) is 0.679. The van der Waals surface area contributed by atoms with Gasteiger partial charge in [-0.05, 0) is 22.9 Å². The molecular weight excluding hydrogens is 270 g/mol. The van der Waals surface area contributed by atoms with E-state index in [4.69, 9.17) is 10.5 Å². The highest BCUT2D eigenvalue weighted by Gasteiger charge is 2.11. The molecule has 21 heavy (non-hydrogen) atoms. The van der Waals surface area contributed by atoms with E-state index in [1.807, 2.05) is 36.4 Å². The van der Waals surface area contributed by atoms with Crippen LogP contribution in [-0.4, -0.2) is 9.91 Å². The van der Waals surface area contributed by atoms with Crippen LogP contribution in [-0.2, 0) is 0 Å². The van der Waals surface area contributed by atoms with E-state index in [9.17, 15) is 10.1 Å². The number of benzene rings is 2. The molecule has 6 heteroatoms. The van der Waals surface area contributed by atoms with E-state index in [-0.39, 0.29) is 17.4 Å². The van der Waals surface area contributed by atoms with E-state index in [1.165, 1.54) is 12.1 Å². The van der Waals surface area contributed by atoms with Crippen molar-refractivity contribution in [3.8, 4) is 11.6 Å². The highest BCUT2D eigenvalue weighted by molar-refractivity contribution is 5.83. The molecular formula is C15H11N3O3. The minimum atomic E-state index is -0.536. The number of hydrogen-bond donors (Lipinski definition) is 1. The number of hydrogen-bond acceptors (Lipinski definition) is 5. The Hall–Kier alpha value is -3.15. The van der Waals surface area contributed by atoms with Gasteiger partial charge >= 0.3 is 0 Å². The first-order valence-corrected chi connectivity index (χ1v) is 6.20. The van der Waals surface area contributed by atoms with Crippen molar-refractivity contribution in [1.82, 2.24) is 4.98 Å². The SMILES string of the molecule is Nc1cc([N+](=O)[O-])cc(Oc2ccc3ccccc3c2)n1. The Morgan fingerprint density at radius 3 is 2.57 bits per heavy atom. The number of aromatic nitrogens is 1. The molecule has 1 aromatic heterocycles. The normalized spacial score (nSPS) is 10.5. The second-order valence-corrected chi connectivity index (χ2v) is 4.46. The Bertz CT molecular complexity index is 833. The molecule has 0 fully saturated rings. The van der Waals surface area contributed by atoms with Crippen molar-refractivity contribution in [1.29, 1.82) is 0 Å². The van der Waals surface area contributed by atoms with E-state index < -0.39 is 4.92 Å². The molecule has 0 bridgehead atoms. The molecule has 0 radical (unpaired) electrons. The largest absolute Gasteiger partial charge is 0.439 e. The van der Waals surface area contributed by atoms with E-state index in [2.05, 4.69) is 4.98 Å². The summed E-state index contributed by atoms with van der Waals surface area (Å²) in [5.41, 5.74) is 5.39. The molecule has 0 atom stereocenters. The van der Waals surface area contributed by atoms with Crippen LogP contribution in [0.25, 0.3) is 10.8 Å². The van der Waals surface area contributed by atoms with Gasteiger partial charge in [-0.25, -0.2) is 0 Å². The van der Waals surface area contributed by atoms with Gasteiger partial charge in [0.2, 0.25) is 5.88 Å². The maximum atomic E-state index is 10.8. The molecule has 0 unspecified atom stereocenters. The maximum absolute atomic E-state index is 10.8. The van der Waals surface area contributed by atoms with Crippen LogP contribution < -0.4 is 10.5 Å². The van der Waals surface area contributed by atoms with Gasteiger partial charge in [0.1, 0.15) is 11.6 Å². The number of pyridine rings is 1. The first kappa shape index (κ1) is 12.9. The van der Waals surface area contributed by atoms with Gasteiger partial charge in [0, 0.05) is 0 Å². The van der Waals surface area contributed by atoms with Gasteiger partial charge < -0.3 is 10.5 Å². The number of rotatable bonds is 3. The summed E-state index contributed by atoms with van der Waals surface area (Å²) in [4.78, 5) is 14.2. The number of nitrogen functional groups attached to an aromatic ring is 1. The number of nitrogens with two attached hydrogens (primary N) is 1. The van der Waals surface area contributed by atoms with Crippen molar-refractivity contribution < 1.29 is 9.66 Å². The quantitative estimate of drug-likeness (QED) is 0.585. The van der Waals surface area contributed by atoms with Crippen molar-refractivity contribution in [2.24, 2.45) is 0 Å². The summed E-state index contributed by atoms with van der Waals surface area (Å²) in [6.45, 7) is 0. The predicted molar refractivity (Wildman–Crippen MR) is 79.3 cm³/mol. The maximum Gasteiger partial charge on any atom is 0.278 e. The number of ether oxygens (including phenoxy) is 1. The van der Waals surface area contributed by atoms with Crippen molar-refractivity contribution in [3.05, 3.63) is 64.7 Å². The van der Waals surface area contributed by atoms with Crippen LogP contribution in [0.1, 0.15) is 0 Å². The van der Waals surface area contributed by atoms with Gasteiger partial charge in [-0.2, -0.15) is 4.98 Å². The lowest BCUT2D eigenvalue weighted by Gasteiger charge is -2.06. The third kappa shape index (κ3) is 2.74. The van der Waals surface area contributed by atoms with Gasteiger partial charge in [-0.15, -0.1) is 0 Å². The Labute approximate surface area is 119 Å². The Kier molecular flexibility index (Phi) is 3.12. The molecule has 0 amide bonds. The summed E-state index contributed by atoms with van der Waals surface area (Å²) >= 11 is 0. The monoisotopic (exact) mass is 281 g/mol. The van der Waals surface area contributed by atoms with Gasteiger partial charge in [0.25, 0.3) is 5.69 Å². The first-order valence-electron chi connectivity index (χ1n) is 6.20. The summed E-state index contributed by atoms with van der Waals surface area (Å²) in [7, 11) is 0. The second kappa shape index (κ2) is 5.09. The Balaban J connectivity index is 1.96. The molecule has 0 aliphatic rings. The molecule has 0 saturated heterocycles. The summed E-state index contributed by atoms with van der Waals surface area (Å²) < 4.78 is 5.56. The molecule has 2 aromatic carbocycles. The van der Waals surface area contributed by atoms with Crippen LogP contribution in [0.5, 0.6) is 11.6 Å². The van der Waals surface area contributed by atoms with Crippen molar-refractivity contribution >= 4 is 22.3 Å². The fourth-order valence-corrected chi connectivity index (χ4v) is 2.02. The third-order valence-corrected chi connectivity index (χ3v) is 2.96. The molecule has 3 aromatic rings. The average Bonchev–Trinajstić information content (AvgIpc) is 2.46. The van der Waals surface area contributed by atoms with Gasteiger partial charge in [-0.3, -0.25) is 10.1 Å². The third-order valence-electron chi connectivity index (χ3n) is 2.96. The molecule has 104 valence electrons. The van der Waals surface area contributed by atoms with Gasteiger partial charge in [0.15, 0.2) is 0 Å². The number of nitrogens with zero attached hydrogens (tertiary/aromatic N) is 2. The summed E-state index contributed by atoms with van der Waals surface area (Å²) in [6, 6.07) is 15.8. The molecule has 2 N–H and O–H groups in total. The lowest BCUT2D eigenvalue weighted by Crippen LogP contribution is -1.97. The van der Waals surface area contributed by atoms with Crippen LogP contribution in [0.3, 0.4) is 0 Å².